The van der Waals surface area contributed by atoms with E-state index < -0.39 is 12.0 Å². The lowest BCUT2D eigenvalue weighted by Gasteiger charge is -2.28. The molecule has 13 heteroatoms. The number of hydrogen-bond donors (Lipinski definition) is 0. The third-order valence-electron chi connectivity index (χ3n) is 4.25. The zero-order valence-electron chi connectivity index (χ0n) is 14.3. The van der Waals surface area contributed by atoms with Gasteiger partial charge >= 0.3 is 6.18 Å². The molecule has 1 amide bonds. The number of thiophene rings is 1. The van der Waals surface area contributed by atoms with Gasteiger partial charge in [-0.25, -0.2) is 9.97 Å². The minimum absolute atomic E-state index is 0.000882. The van der Waals surface area contributed by atoms with Gasteiger partial charge in [0.05, 0.1) is 22.7 Å². The summed E-state index contributed by atoms with van der Waals surface area (Å²) in [4.78, 5) is 24.1. The van der Waals surface area contributed by atoms with Crippen molar-refractivity contribution in [3.05, 3.63) is 27.9 Å². The van der Waals surface area contributed by atoms with Crippen molar-refractivity contribution in [2.75, 3.05) is 12.3 Å². The van der Waals surface area contributed by atoms with Crippen LogP contribution in [-0.4, -0.2) is 47.8 Å². The van der Waals surface area contributed by atoms with Crippen LogP contribution in [0.15, 0.2) is 11.4 Å². The minimum Gasteiger partial charge on any atom is -0.333 e. The topological polar surface area (TPSA) is 76.8 Å². The molecule has 1 aliphatic rings. The SMILES string of the molecule is Cc1sc2ncnc(SCC(=O)N3CCn4c(nnc4C(F)(F)F)C3)c2c1Cl. The van der Waals surface area contributed by atoms with Crippen LogP contribution in [0.3, 0.4) is 0 Å². The van der Waals surface area contributed by atoms with Crippen LogP contribution in [0.25, 0.3) is 10.2 Å². The molecule has 0 unspecified atom stereocenters. The monoisotopic (exact) mass is 448 g/mol. The van der Waals surface area contributed by atoms with Crippen LogP contribution in [0.5, 0.6) is 0 Å². The standard InChI is InChI=1S/C15H12ClF3N6OS2/c1-7-11(16)10-12(20-6-21-13(10)28-7)27-5-9(26)24-2-3-25-8(4-24)22-23-14(25)15(17,18)19/h6H,2-5H2,1H3. The van der Waals surface area contributed by atoms with Gasteiger partial charge in [0.15, 0.2) is 5.82 Å². The molecule has 0 radical (unpaired) electrons. The summed E-state index contributed by atoms with van der Waals surface area (Å²) in [5, 5.41) is 8.70. The van der Waals surface area contributed by atoms with E-state index in [1.807, 2.05) is 6.92 Å². The smallest absolute Gasteiger partial charge is 0.333 e. The predicted molar refractivity (Wildman–Crippen MR) is 98.3 cm³/mol. The molecule has 0 N–H and O–H groups in total. The van der Waals surface area contributed by atoms with Crippen LogP contribution in [0, 0.1) is 6.92 Å². The molecule has 0 saturated carbocycles. The summed E-state index contributed by atoms with van der Waals surface area (Å²) in [6.45, 7) is 2.03. The fraction of sp³-hybridized carbons (Fsp3) is 0.400. The summed E-state index contributed by atoms with van der Waals surface area (Å²) in [6, 6.07) is 0. The minimum atomic E-state index is -4.57. The molecule has 3 aromatic heterocycles. The second kappa shape index (κ2) is 7.16. The first-order valence-corrected chi connectivity index (χ1v) is 10.2. The number of nitrogens with zero attached hydrogens (tertiary/aromatic N) is 6. The Morgan fingerprint density at radius 3 is 2.86 bits per heavy atom. The van der Waals surface area contributed by atoms with Gasteiger partial charge in [-0.2, -0.15) is 13.2 Å². The van der Waals surface area contributed by atoms with Gasteiger partial charge in [0.2, 0.25) is 11.7 Å². The second-order valence-corrected chi connectivity index (χ2v) is 8.57. The van der Waals surface area contributed by atoms with E-state index in [-0.39, 0.29) is 37.1 Å². The van der Waals surface area contributed by atoms with Gasteiger partial charge in [0.1, 0.15) is 16.2 Å². The van der Waals surface area contributed by atoms with Crippen molar-refractivity contribution in [1.82, 2.24) is 29.6 Å². The molecule has 28 heavy (non-hydrogen) atoms. The molecule has 4 rings (SSSR count). The Kier molecular flexibility index (Phi) is 4.96. The maximum atomic E-state index is 12.9. The highest BCUT2D eigenvalue weighted by atomic mass is 35.5. The number of carbonyl (C=O) groups is 1. The van der Waals surface area contributed by atoms with E-state index in [0.717, 1.165) is 19.7 Å². The van der Waals surface area contributed by atoms with Crippen LogP contribution < -0.4 is 0 Å². The van der Waals surface area contributed by atoms with Crippen molar-refractivity contribution in [2.24, 2.45) is 0 Å². The van der Waals surface area contributed by atoms with Crippen molar-refractivity contribution in [3.8, 4) is 0 Å². The number of carbonyl (C=O) groups excluding carboxylic acids is 1. The highest BCUT2D eigenvalue weighted by Crippen LogP contribution is 2.38. The molecule has 0 aliphatic carbocycles. The average Bonchev–Trinajstić information content (AvgIpc) is 3.20. The van der Waals surface area contributed by atoms with Gasteiger partial charge in [0, 0.05) is 18.0 Å². The van der Waals surface area contributed by atoms with E-state index in [9.17, 15) is 18.0 Å². The molecular weight excluding hydrogens is 437 g/mol. The van der Waals surface area contributed by atoms with Crippen LogP contribution in [0.4, 0.5) is 13.2 Å². The Morgan fingerprint density at radius 2 is 2.11 bits per heavy atom. The number of aromatic nitrogens is 5. The van der Waals surface area contributed by atoms with E-state index in [0.29, 0.717) is 10.0 Å². The van der Waals surface area contributed by atoms with Crippen molar-refractivity contribution in [1.29, 1.82) is 0 Å². The van der Waals surface area contributed by atoms with Gasteiger partial charge in [-0.05, 0) is 6.92 Å². The number of amides is 1. The van der Waals surface area contributed by atoms with E-state index in [4.69, 9.17) is 11.6 Å². The normalized spacial score (nSPS) is 14.5. The molecule has 0 fully saturated rings. The van der Waals surface area contributed by atoms with Gasteiger partial charge in [-0.15, -0.1) is 21.5 Å². The Morgan fingerprint density at radius 1 is 1.32 bits per heavy atom. The number of hydrogen-bond acceptors (Lipinski definition) is 7. The number of rotatable bonds is 3. The summed E-state index contributed by atoms with van der Waals surface area (Å²) < 4.78 is 39.7. The van der Waals surface area contributed by atoms with Crippen molar-refractivity contribution >= 4 is 50.8 Å². The fourth-order valence-corrected chi connectivity index (χ4v) is 5.16. The Labute approximate surface area is 169 Å². The number of halogens is 4. The Bertz CT molecular complexity index is 1070. The molecule has 0 saturated heterocycles. The zero-order chi connectivity index (χ0) is 20.1. The third-order valence-corrected chi connectivity index (χ3v) is 6.82. The summed E-state index contributed by atoms with van der Waals surface area (Å²) in [6.07, 6.45) is -3.15. The van der Waals surface area contributed by atoms with Gasteiger partial charge < -0.3 is 9.47 Å². The number of thioether (sulfide) groups is 1. The lowest BCUT2D eigenvalue weighted by atomic mass is 10.3. The number of alkyl halides is 3. The van der Waals surface area contributed by atoms with Crippen molar-refractivity contribution in [3.63, 3.8) is 0 Å². The van der Waals surface area contributed by atoms with E-state index in [1.165, 1.54) is 34.3 Å². The van der Waals surface area contributed by atoms with Crippen LogP contribution in [0.1, 0.15) is 16.5 Å². The largest absolute Gasteiger partial charge is 0.451 e. The van der Waals surface area contributed by atoms with Crippen LogP contribution in [-0.2, 0) is 24.1 Å². The summed E-state index contributed by atoms with van der Waals surface area (Å²) in [7, 11) is 0. The predicted octanol–water partition coefficient (Wildman–Crippen LogP) is 3.40. The molecular formula is C15H12ClF3N6OS2. The molecule has 0 spiro atoms. The molecule has 148 valence electrons. The highest BCUT2D eigenvalue weighted by molar-refractivity contribution is 8.00. The number of fused-ring (bicyclic) bond motifs is 2. The quantitative estimate of drug-likeness (QED) is 0.451. The molecule has 0 bridgehead atoms. The summed E-state index contributed by atoms with van der Waals surface area (Å²) >= 11 is 9.00. The molecule has 1 aliphatic heterocycles. The molecule has 7 nitrogen and oxygen atoms in total. The second-order valence-electron chi connectivity index (χ2n) is 6.02. The van der Waals surface area contributed by atoms with Gasteiger partial charge in [-0.1, -0.05) is 23.4 Å². The first-order chi connectivity index (χ1) is 13.3. The van der Waals surface area contributed by atoms with Crippen molar-refractivity contribution in [2.45, 2.75) is 31.2 Å². The lowest BCUT2D eigenvalue weighted by molar-refractivity contribution is -0.148. The fourth-order valence-electron chi connectivity index (χ4n) is 2.90. The van der Waals surface area contributed by atoms with E-state index in [1.54, 1.807) is 0 Å². The Balaban J connectivity index is 1.47. The third kappa shape index (κ3) is 3.44. The zero-order valence-corrected chi connectivity index (χ0v) is 16.7. The van der Waals surface area contributed by atoms with Crippen molar-refractivity contribution < 1.29 is 18.0 Å². The van der Waals surface area contributed by atoms with E-state index >= 15 is 0 Å². The van der Waals surface area contributed by atoms with Gasteiger partial charge in [0.25, 0.3) is 0 Å². The first kappa shape index (κ1) is 19.4. The molecule has 0 atom stereocenters. The number of aryl methyl sites for hydroxylation is 1. The lowest BCUT2D eigenvalue weighted by Crippen LogP contribution is -2.40. The van der Waals surface area contributed by atoms with E-state index in [2.05, 4.69) is 20.2 Å². The average molecular weight is 449 g/mol. The maximum absolute atomic E-state index is 12.9. The molecule has 0 aromatic carbocycles. The Hall–Kier alpha value is -1.92. The summed E-state index contributed by atoms with van der Waals surface area (Å²) in [5.41, 5.74) is 0. The highest BCUT2D eigenvalue weighted by Gasteiger charge is 2.39. The summed E-state index contributed by atoms with van der Waals surface area (Å²) in [5.74, 6) is -1.05. The molecule has 3 aromatic rings. The first-order valence-electron chi connectivity index (χ1n) is 8.05. The van der Waals surface area contributed by atoms with Crippen LogP contribution >= 0.6 is 34.7 Å². The molecule has 4 heterocycles. The van der Waals surface area contributed by atoms with Gasteiger partial charge in [-0.3, -0.25) is 4.79 Å². The maximum Gasteiger partial charge on any atom is 0.451 e. The van der Waals surface area contributed by atoms with Crippen LogP contribution in [0.2, 0.25) is 5.02 Å².